The minimum absolute atomic E-state index is 0.0260. The molecule has 2 atom stereocenters. The summed E-state index contributed by atoms with van der Waals surface area (Å²) in [7, 11) is 0. The molecule has 92 valence electrons. The molecule has 1 aliphatic heterocycles. The van der Waals surface area contributed by atoms with Gasteiger partial charge in [-0.05, 0) is 5.56 Å². The number of rotatable bonds is 4. The van der Waals surface area contributed by atoms with Crippen molar-refractivity contribution in [3.63, 3.8) is 0 Å². The predicted octanol–water partition coefficient (Wildman–Crippen LogP) is 2.77. The highest BCUT2D eigenvalue weighted by Crippen LogP contribution is 2.29. The number of benzene rings is 1. The SMILES string of the molecule is CC(C)(C)C(=O)C[C@H]1ON1Cc1ccccc1. The van der Waals surface area contributed by atoms with Crippen LogP contribution in [-0.2, 0) is 16.2 Å². The Bertz CT molecular complexity index is 394. The molecule has 0 bridgehead atoms. The lowest BCUT2D eigenvalue weighted by molar-refractivity contribution is -0.126. The molecule has 1 saturated heterocycles. The maximum absolute atomic E-state index is 11.8. The second-order valence-electron chi connectivity index (χ2n) is 5.50. The van der Waals surface area contributed by atoms with Crippen LogP contribution < -0.4 is 0 Å². The summed E-state index contributed by atoms with van der Waals surface area (Å²) in [6.45, 7) is 6.58. The zero-order valence-corrected chi connectivity index (χ0v) is 10.6. The maximum atomic E-state index is 11.8. The highest BCUT2D eigenvalue weighted by atomic mass is 16.8. The molecule has 3 nitrogen and oxygen atoms in total. The molecule has 0 spiro atoms. The van der Waals surface area contributed by atoms with Crippen molar-refractivity contribution in [2.24, 2.45) is 5.41 Å². The molecule has 0 aliphatic carbocycles. The van der Waals surface area contributed by atoms with Gasteiger partial charge in [-0.3, -0.25) is 9.63 Å². The van der Waals surface area contributed by atoms with E-state index in [4.69, 9.17) is 4.84 Å². The molecule has 0 aromatic heterocycles. The van der Waals surface area contributed by atoms with Gasteiger partial charge in [0.15, 0.2) is 6.23 Å². The van der Waals surface area contributed by atoms with Gasteiger partial charge >= 0.3 is 0 Å². The third kappa shape index (κ3) is 3.38. The molecular weight excluding hydrogens is 214 g/mol. The fourth-order valence-electron chi connectivity index (χ4n) is 1.64. The minimum Gasteiger partial charge on any atom is -0.299 e. The Hall–Kier alpha value is -1.19. The molecule has 1 heterocycles. The average molecular weight is 233 g/mol. The quantitative estimate of drug-likeness (QED) is 0.750. The fraction of sp³-hybridized carbons (Fsp3) is 0.500. The lowest BCUT2D eigenvalue weighted by Crippen LogP contribution is -2.22. The molecule has 2 rings (SSSR count). The van der Waals surface area contributed by atoms with Gasteiger partial charge in [0.25, 0.3) is 0 Å². The van der Waals surface area contributed by atoms with Crippen molar-refractivity contribution < 1.29 is 9.63 Å². The van der Waals surface area contributed by atoms with Crippen LogP contribution in [0.5, 0.6) is 0 Å². The van der Waals surface area contributed by atoms with Crippen molar-refractivity contribution in [3.8, 4) is 0 Å². The fourth-order valence-corrected chi connectivity index (χ4v) is 1.64. The lowest BCUT2D eigenvalue weighted by atomic mass is 9.89. The van der Waals surface area contributed by atoms with Crippen molar-refractivity contribution >= 4 is 5.78 Å². The van der Waals surface area contributed by atoms with E-state index in [1.165, 1.54) is 5.56 Å². The van der Waals surface area contributed by atoms with Crippen molar-refractivity contribution in [1.29, 1.82) is 0 Å². The largest absolute Gasteiger partial charge is 0.299 e. The van der Waals surface area contributed by atoms with Crippen LogP contribution in [0, 0.1) is 5.41 Å². The summed E-state index contributed by atoms with van der Waals surface area (Å²) >= 11 is 0. The molecule has 0 radical (unpaired) electrons. The van der Waals surface area contributed by atoms with Crippen LogP contribution in [0.2, 0.25) is 0 Å². The number of hydrogen-bond acceptors (Lipinski definition) is 3. The summed E-state index contributed by atoms with van der Waals surface area (Å²) in [6, 6.07) is 10.1. The number of Topliss-reactive ketones (excluding diaryl/α,β-unsaturated/α-hetero) is 1. The van der Waals surface area contributed by atoms with Crippen LogP contribution in [0.3, 0.4) is 0 Å². The van der Waals surface area contributed by atoms with Gasteiger partial charge in [0.05, 0.1) is 13.0 Å². The highest BCUT2D eigenvalue weighted by Gasteiger charge is 2.40. The van der Waals surface area contributed by atoms with E-state index in [2.05, 4.69) is 12.1 Å². The molecule has 1 fully saturated rings. The van der Waals surface area contributed by atoms with Crippen LogP contribution in [0.15, 0.2) is 30.3 Å². The minimum atomic E-state index is -0.273. The Balaban J connectivity index is 1.80. The van der Waals surface area contributed by atoms with Crippen molar-refractivity contribution in [3.05, 3.63) is 35.9 Å². The Morgan fingerprint density at radius 1 is 1.29 bits per heavy atom. The van der Waals surface area contributed by atoms with Crippen LogP contribution in [0.1, 0.15) is 32.8 Å². The zero-order valence-electron chi connectivity index (χ0n) is 10.6. The molecule has 1 aromatic rings. The van der Waals surface area contributed by atoms with Crippen molar-refractivity contribution in [2.45, 2.75) is 40.0 Å². The Labute approximate surface area is 102 Å². The third-order valence-electron chi connectivity index (χ3n) is 2.91. The summed E-state index contributed by atoms with van der Waals surface area (Å²) in [6.07, 6.45) is 0.456. The number of carbonyl (C=O) groups is 1. The van der Waals surface area contributed by atoms with E-state index in [-0.39, 0.29) is 17.4 Å². The van der Waals surface area contributed by atoms with Gasteiger partial charge in [0.2, 0.25) is 0 Å². The van der Waals surface area contributed by atoms with E-state index in [9.17, 15) is 4.79 Å². The second kappa shape index (κ2) is 4.59. The van der Waals surface area contributed by atoms with E-state index in [1.54, 1.807) is 0 Å². The second-order valence-corrected chi connectivity index (χ2v) is 5.50. The average Bonchev–Trinajstić information content (AvgIpc) is 2.96. The van der Waals surface area contributed by atoms with Crippen LogP contribution >= 0.6 is 0 Å². The van der Waals surface area contributed by atoms with E-state index in [0.29, 0.717) is 6.42 Å². The van der Waals surface area contributed by atoms with Crippen molar-refractivity contribution in [2.75, 3.05) is 0 Å². The number of ketones is 1. The number of carbonyl (C=O) groups excluding carboxylic acids is 1. The molecular formula is C14H19NO2. The number of hydroxylamine groups is 2. The van der Waals surface area contributed by atoms with Gasteiger partial charge in [-0.1, -0.05) is 51.1 Å². The van der Waals surface area contributed by atoms with E-state index in [1.807, 2.05) is 44.0 Å². The zero-order chi connectivity index (χ0) is 12.5. The molecule has 17 heavy (non-hydrogen) atoms. The molecule has 1 unspecified atom stereocenters. The van der Waals surface area contributed by atoms with E-state index >= 15 is 0 Å². The van der Waals surface area contributed by atoms with Crippen LogP contribution in [-0.4, -0.2) is 17.1 Å². The normalized spacial score (nSPS) is 23.5. The summed E-state index contributed by atoms with van der Waals surface area (Å²) < 4.78 is 0. The first kappa shape index (κ1) is 12.3. The van der Waals surface area contributed by atoms with Crippen LogP contribution in [0.25, 0.3) is 0 Å². The first-order valence-corrected chi connectivity index (χ1v) is 5.97. The Morgan fingerprint density at radius 3 is 2.53 bits per heavy atom. The van der Waals surface area contributed by atoms with Crippen molar-refractivity contribution in [1.82, 2.24) is 5.06 Å². The molecule has 0 saturated carbocycles. The van der Waals surface area contributed by atoms with Gasteiger partial charge in [-0.2, -0.15) is 5.06 Å². The molecule has 1 aliphatic rings. The van der Waals surface area contributed by atoms with Crippen LogP contribution in [0.4, 0.5) is 0 Å². The summed E-state index contributed by atoms with van der Waals surface area (Å²) in [4.78, 5) is 17.2. The van der Waals surface area contributed by atoms with Gasteiger partial charge in [0, 0.05) is 5.41 Å². The summed E-state index contributed by atoms with van der Waals surface area (Å²) in [5, 5.41) is 1.86. The third-order valence-corrected chi connectivity index (χ3v) is 2.91. The first-order chi connectivity index (χ1) is 7.97. The highest BCUT2D eigenvalue weighted by molar-refractivity contribution is 5.84. The van der Waals surface area contributed by atoms with Gasteiger partial charge in [-0.15, -0.1) is 0 Å². The van der Waals surface area contributed by atoms with E-state index < -0.39 is 0 Å². The summed E-state index contributed by atoms with van der Waals surface area (Å²) in [5.74, 6) is 0.248. The smallest absolute Gasteiger partial charge is 0.161 e. The molecule has 0 amide bonds. The standard InChI is InChI=1S/C14H19NO2/c1-14(2,3)12(16)9-13-15(17-13)10-11-7-5-4-6-8-11/h4-8,13H,9-10H2,1-3H3/t13-,15?/m1/s1. The molecule has 1 aromatic carbocycles. The van der Waals surface area contributed by atoms with Gasteiger partial charge in [0.1, 0.15) is 5.78 Å². The molecule has 3 heteroatoms. The lowest BCUT2D eigenvalue weighted by Gasteiger charge is -2.15. The topological polar surface area (TPSA) is 32.6 Å². The Morgan fingerprint density at radius 2 is 1.94 bits per heavy atom. The summed E-state index contributed by atoms with van der Waals surface area (Å²) in [5.41, 5.74) is 0.933. The predicted molar refractivity (Wildman–Crippen MR) is 65.9 cm³/mol. The number of nitrogens with zero attached hydrogens (tertiary/aromatic N) is 1. The monoisotopic (exact) mass is 233 g/mol. The number of hydrogen-bond donors (Lipinski definition) is 0. The Kier molecular flexibility index (Phi) is 3.31. The molecule has 0 N–H and O–H groups in total. The maximum Gasteiger partial charge on any atom is 0.161 e. The van der Waals surface area contributed by atoms with Gasteiger partial charge in [-0.25, -0.2) is 0 Å². The van der Waals surface area contributed by atoms with Gasteiger partial charge < -0.3 is 0 Å². The first-order valence-electron chi connectivity index (χ1n) is 5.97. The van der Waals surface area contributed by atoms with E-state index in [0.717, 1.165) is 6.54 Å².